The molecule has 0 bridgehead atoms. The largest absolute Gasteiger partial charge is 0.425 e. The molecule has 0 amide bonds. The lowest BCUT2D eigenvalue weighted by Gasteiger charge is -2.23. The minimum atomic E-state index is -0.0415. The number of nitrogens with two attached hydrogens (primary N) is 1. The predicted octanol–water partition coefficient (Wildman–Crippen LogP) is 1.66. The van der Waals surface area contributed by atoms with Crippen LogP contribution in [-0.4, -0.2) is 26.9 Å². The minimum absolute atomic E-state index is 0.0415. The molecule has 0 radical (unpaired) electrons. The average molecular weight is 302 g/mol. The van der Waals surface area contributed by atoms with Gasteiger partial charge in [-0.1, -0.05) is 0 Å². The Morgan fingerprint density at radius 3 is 3.14 bits per heavy atom. The molecule has 2 aliphatic heterocycles. The predicted molar refractivity (Wildman–Crippen MR) is 80.9 cm³/mol. The molecule has 0 spiro atoms. The number of nitrogens with one attached hydrogen (secondary N) is 1. The number of aromatic nitrogens is 3. The summed E-state index contributed by atoms with van der Waals surface area (Å²) in [6, 6.07) is 2.05. The van der Waals surface area contributed by atoms with Crippen molar-refractivity contribution in [2.75, 3.05) is 7.11 Å². The van der Waals surface area contributed by atoms with Crippen LogP contribution >= 0.6 is 12.2 Å². The Morgan fingerprint density at radius 1 is 1.57 bits per heavy atom. The maximum Gasteiger partial charge on any atom is 0.243 e. The molecule has 2 aromatic heterocycles. The number of ether oxygens (including phenoxy) is 2. The molecule has 0 saturated carbocycles. The molecule has 2 aromatic rings. The normalized spacial score (nSPS) is 19.3. The van der Waals surface area contributed by atoms with E-state index in [0.717, 1.165) is 28.1 Å². The van der Waals surface area contributed by atoms with Crippen LogP contribution in [-0.2, 0) is 11.3 Å². The van der Waals surface area contributed by atoms with Crippen molar-refractivity contribution in [3.05, 3.63) is 40.4 Å². The van der Waals surface area contributed by atoms with E-state index in [0.29, 0.717) is 23.4 Å². The Hall–Kier alpha value is -2.12. The van der Waals surface area contributed by atoms with Crippen molar-refractivity contribution in [1.29, 1.82) is 0 Å². The van der Waals surface area contributed by atoms with E-state index < -0.39 is 0 Å². The lowest BCUT2D eigenvalue weighted by Crippen LogP contribution is -2.23. The third kappa shape index (κ3) is 1.50. The zero-order chi connectivity index (χ0) is 14.7. The zero-order valence-corrected chi connectivity index (χ0v) is 12.5. The Morgan fingerprint density at radius 2 is 2.38 bits per heavy atom. The van der Waals surface area contributed by atoms with Crippen molar-refractivity contribution in [3.63, 3.8) is 0 Å². The molecular formula is C14H14N4O2S. The standard InChI is InChI=1S/C14H14N4O2S/c1-6-3-4-18-11(6)9-8-7(5-19-2)16-17-13(8)20-14(21)10(9)12(18)15/h3-4,9H,5,15H2,1-2H3,(H,16,17). The van der Waals surface area contributed by atoms with Gasteiger partial charge < -0.3 is 19.8 Å². The number of H-pyrrole nitrogens is 1. The molecule has 21 heavy (non-hydrogen) atoms. The van der Waals surface area contributed by atoms with Gasteiger partial charge in [-0.15, -0.1) is 5.10 Å². The Kier molecular flexibility index (Phi) is 2.51. The highest BCUT2D eigenvalue weighted by atomic mass is 32.1. The van der Waals surface area contributed by atoms with Gasteiger partial charge in [0.2, 0.25) is 10.9 Å². The molecule has 3 N–H and O–H groups in total. The second-order valence-electron chi connectivity index (χ2n) is 5.23. The van der Waals surface area contributed by atoms with E-state index in [2.05, 4.69) is 17.1 Å². The maximum atomic E-state index is 6.27. The monoisotopic (exact) mass is 302 g/mol. The highest BCUT2D eigenvalue weighted by molar-refractivity contribution is 7.80. The fourth-order valence-electron chi connectivity index (χ4n) is 3.18. The summed E-state index contributed by atoms with van der Waals surface area (Å²) in [4.78, 5) is 0. The first-order valence-corrected chi connectivity index (χ1v) is 7.00. The number of hydrogen-bond donors (Lipinski definition) is 2. The summed E-state index contributed by atoms with van der Waals surface area (Å²) in [7, 11) is 1.65. The van der Waals surface area contributed by atoms with Crippen LogP contribution in [0.3, 0.4) is 0 Å². The number of hydrogen-bond acceptors (Lipinski definition) is 5. The van der Waals surface area contributed by atoms with E-state index in [9.17, 15) is 0 Å². The van der Waals surface area contributed by atoms with Crippen molar-refractivity contribution in [2.45, 2.75) is 19.4 Å². The van der Waals surface area contributed by atoms with Crippen LogP contribution < -0.4 is 10.5 Å². The Labute approximate surface area is 126 Å². The molecule has 1 atom stereocenters. The van der Waals surface area contributed by atoms with Crippen molar-refractivity contribution >= 4 is 23.1 Å². The van der Waals surface area contributed by atoms with Gasteiger partial charge in [-0.3, -0.25) is 5.10 Å². The van der Waals surface area contributed by atoms with Gasteiger partial charge in [0.15, 0.2) is 0 Å². The first-order valence-electron chi connectivity index (χ1n) is 6.59. The third-order valence-electron chi connectivity index (χ3n) is 4.07. The molecule has 4 heterocycles. The fraction of sp³-hybridized carbons (Fsp3) is 0.286. The fourth-order valence-corrected chi connectivity index (χ4v) is 3.48. The van der Waals surface area contributed by atoms with E-state index in [4.69, 9.17) is 27.4 Å². The van der Waals surface area contributed by atoms with Crippen LogP contribution in [0.5, 0.6) is 5.88 Å². The number of fused-ring (bicyclic) bond motifs is 5. The van der Waals surface area contributed by atoms with E-state index in [1.165, 1.54) is 0 Å². The van der Waals surface area contributed by atoms with Gasteiger partial charge in [-0.2, -0.15) is 0 Å². The zero-order valence-electron chi connectivity index (χ0n) is 11.6. The summed E-state index contributed by atoms with van der Waals surface area (Å²) >= 11 is 5.37. The molecule has 0 aliphatic carbocycles. The first-order chi connectivity index (χ1) is 10.1. The van der Waals surface area contributed by atoms with Gasteiger partial charge in [0, 0.05) is 19.0 Å². The molecule has 0 aromatic carbocycles. The highest BCUT2D eigenvalue weighted by Crippen LogP contribution is 2.49. The molecule has 0 saturated heterocycles. The van der Waals surface area contributed by atoms with Gasteiger partial charge in [-0.25, -0.2) is 0 Å². The SMILES string of the molecule is COCc1[nH]nc2c1C1C(=C(N)n3ccc(C)c31)C(=S)O2. The summed E-state index contributed by atoms with van der Waals surface area (Å²) < 4.78 is 12.9. The van der Waals surface area contributed by atoms with E-state index >= 15 is 0 Å². The van der Waals surface area contributed by atoms with Crippen LogP contribution in [0.2, 0.25) is 0 Å². The van der Waals surface area contributed by atoms with Gasteiger partial charge >= 0.3 is 0 Å². The first kappa shape index (κ1) is 12.6. The minimum Gasteiger partial charge on any atom is -0.425 e. The quantitative estimate of drug-likeness (QED) is 0.825. The van der Waals surface area contributed by atoms with Gasteiger partial charge in [0.1, 0.15) is 5.82 Å². The van der Waals surface area contributed by atoms with Crippen LogP contribution in [0.15, 0.2) is 17.8 Å². The van der Waals surface area contributed by atoms with Crippen LogP contribution in [0.1, 0.15) is 28.4 Å². The lowest BCUT2D eigenvalue weighted by molar-refractivity contribution is 0.180. The average Bonchev–Trinajstić information content (AvgIpc) is 3.08. The number of nitrogens with zero attached hydrogens (tertiary/aromatic N) is 2. The van der Waals surface area contributed by atoms with Gasteiger partial charge in [0.25, 0.3) is 0 Å². The second-order valence-corrected chi connectivity index (χ2v) is 5.60. The van der Waals surface area contributed by atoms with Crippen LogP contribution in [0.25, 0.3) is 5.82 Å². The Bertz CT molecular complexity index is 802. The van der Waals surface area contributed by atoms with E-state index in [-0.39, 0.29) is 5.92 Å². The smallest absolute Gasteiger partial charge is 0.243 e. The molecule has 108 valence electrons. The molecule has 4 rings (SSSR count). The molecule has 1 unspecified atom stereocenters. The molecule has 6 nitrogen and oxygen atoms in total. The molecule has 7 heteroatoms. The summed E-state index contributed by atoms with van der Waals surface area (Å²) in [6.07, 6.45) is 1.96. The van der Waals surface area contributed by atoms with Crippen molar-refractivity contribution in [1.82, 2.24) is 14.8 Å². The molecule has 2 aliphatic rings. The summed E-state index contributed by atoms with van der Waals surface area (Å²) in [6.45, 7) is 2.50. The number of aromatic amines is 1. The Balaban J connectivity index is 2.01. The summed E-state index contributed by atoms with van der Waals surface area (Å²) in [5.41, 5.74) is 11.2. The highest BCUT2D eigenvalue weighted by Gasteiger charge is 2.43. The number of aryl methyl sites for hydroxylation is 1. The number of methoxy groups -OCH3 is 1. The number of rotatable bonds is 2. The van der Waals surface area contributed by atoms with E-state index in [1.807, 2.05) is 16.8 Å². The van der Waals surface area contributed by atoms with E-state index in [1.54, 1.807) is 7.11 Å². The molecular weight excluding hydrogens is 288 g/mol. The van der Waals surface area contributed by atoms with Crippen LogP contribution in [0.4, 0.5) is 0 Å². The van der Waals surface area contributed by atoms with Crippen molar-refractivity contribution < 1.29 is 9.47 Å². The number of thiocarbonyl (C=S) groups is 1. The summed E-state index contributed by atoms with van der Waals surface area (Å²) in [5.74, 6) is 1.10. The van der Waals surface area contributed by atoms with Gasteiger partial charge in [-0.05, 0) is 30.8 Å². The van der Waals surface area contributed by atoms with Crippen LogP contribution in [0, 0.1) is 6.92 Å². The second kappa shape index (κ2) is 4.19. The lowest BCUT2D eigenvalue weighted by atomic mass is 9.87. The summed E-state index contributed by atoms with van der Waals surface area (Å²) in [5, 5.41) is 7.58. The molecule has 0 fully saturated rings. The van der Waals surface area contributed by atoms with Crippen molar-refractivity contribution in [2.24, 2.45) is 5.73 Å². The maximum absolute atomic E-state index is 6.27. The third-order valence-corrected chi connectivity index (χ3v) is 4.37. The van der Waals surface area contributed by atoms with Crippen molar-refractivity contribution in [3.8, 4) is 5.88 Å². The topological polar surface area (TPSA) is 78.1 Å². The van der Waals surface area contributed by atoms with Gasteiger partial charge in [0.05, 0.1) is 29.4 Å².